The number of methoxy groups -OCH3 is 2. The maximum Gasteiger partial charge on any atom is 0.160 e. The van der Waals surface area contributed by atoms with Gasteiger partial charge in [-0.25, -0.2) is 0 Å². The molecule has 0 bridgehead atoms. The van der Waals surface area contributed by atoms with E-state index in [-0.39, 0.29) is 5.41 Å². The highest BCUT2D eigenvalue weighted by atomic mass is 16.5. The van der Waals surface area contributed by atoms with E-state index in [9.17, 15) is 0 Å². The van der Waals surface area contributed by atoms with E-state index in [1.165, 1.54) is 0 Å². The summed E-state index contributed by atoms with van der Waals surface area (Å²) in [5, 5.41) is 8.98. The third-order valence-corrected chi connectivity index (χ3v) is 2.40. The number of rotatable bonds is 4. The fourth-order valence-corrected chi connectivity index (χ4v) is 1.54. The Bertz CT molecular complexity index is 405. The first-order valence-corrected chi connectivity index (χ1v) is 5.14. The molecule has 0 heterocycles. The van der Waals surface area contributed by atoms with Gasteiger partial charge in [-0.3, -0.25) is 0 Å². The van der Waals surface area contributed by atoms with Crippen LogP contribution in [0.4, 0.5) is 0 Å². The Morgan fingerprint density at radius 2 is 1.81 bits per heavy atom. The van der Waals surface area contributed by atoms with Crippen molar-refractivity contribution in [2.75, 3.05) is 14.2 Å². The van der Waals surface area contributed by atoms with Gasteiger partial charge in [-0.05, 0) is 38.0 Å². The molecular formula is C13H17NO2. The molecule has 0 aliphatic rings. The third kappa shape index (κ3) is 2.90. The van der Waals surface area contributed by atoms with Crippen LogP contribution in [0.5, 0.6) is 11.5 Å². The maximum atomic E-state index is 8.98. The summed E-state index contributed by atoms with van der Waals surface area (Å²) >= 11 is 0. The van der Waals surface area contributed by atoms with Crippen molar-refractivity contribution in [2.45, 2.75) is 20.3 Å². The van der Waals surface area contributed by atoms with Crippen molar-refractivity contribution in [1.29, 1.82) is 5.26 Å². The molecule has 0 amide bonds. The molecule has 0 saturated heterocycles. The van der Waals surface area contributed by atoms with Gasteiger partial charge in [-0.1, -0.05) is 6.07 Å². The molecule has 1 aromatic rings. The first-order chi connectivity index (χ1) is 7.52. The summed E-state index contributed by atoms with van der Waals surface area (Å²) in [7, 11) is 3.22. The molecule has 3 nitrogen and oxygen atoms in total. The molecule has 0 saturated carbocycles. The van der Waals surface area contributed by atoms with Gasteiger partial charge in [0.2, 0.25) is 0 Å². The molecule has 86 valence electrons. The van der Waals surface area contributed by atoms with Crippen molar-refractivity contribution < 1.29 is 9.47 Å². The Hall–Kier alpha value is -1.69. The van der Waals surface area contributed by atoms with Crippen molar-refractivity contribution in [3.63, 3.8) is 0 Å². The van der Waals surface area contributed by atoms with Gasteiger partial charge in [0.25, 0.3) is 0 Å². The Morgan fingerprint density at radius 3 is 2.31 bits per heavy atom. The fraction of sp³-hybridized carbons (Fsp3) is 0.462. The minimum absolute atomic E-state index is 0.362. The molecule has 0 unspecified atom stereocenters. The van der Waals surface area contributed by atoms with Crippen molar-refractivity contribution in [2.24, 2.45) is 5.41 Å². The summed E-state index contributed by atoms with van der Waals surface area (Å²) in [6.07, 6.45) is 0.698. The zero-order chi connectivity index (χ0) is 12.2. The van der Waals surface area contributed by atoms with Crippen molar-refractivity contribution in [1.82, 2.24) is 0 Å². The highest BCUT2D eigenvalue weighted by Gasteiger charge is 2.18. The van der Waals surface area contributed by atoms with Gasteiger partial charge in [0.05, 0.1) is 25.7 Å². The minimum atomic E-state index is -0.362. The molecule has 0 aliphatic heterocycles. The lowest BCUT2D eigenvalue weighted by molar-refractivity contribution is 0.354. The zero-order valence-electron chi connectivity index (χ0n) is 10.2. The van der Waals surface area contributed by atoms with E-state index in [1.807, 2.05) is 32.0 Å². The summed E-state index contributed by atoms with van der Waals surface area (Å²) < 4.78 is 10.4. The third-order valence-electron chi connectivity index (χ3n) is 2.40. The summed E-state index contributed by atoms with van der Waals surface area (Å²) in [6, 6.07) is 8.02. The molecule has 0 fully saturated rings. The Labute approximate surface area is 96.6 Å². The number of benzene rings is 1. The van der Waals surface area contributed by atoms with Crippen LogP contribution in [0.2, 0.25) is 0 Å². The smallest absolute Gasteiger partial charge is 0.160 e. The van der Waals surface area contributed by atoms with Crippen LogP contribution in [-0.4, -0.2) is 14.2 Å². The molecule has 16 heavy (non-hydrogen) atoms. The van der Waals surface area contributed by atoms with E-state index >= 15 is 0 Å². The van der Waals surface area contributed by atoms with E-state index < -0.39 is 0 Å². The molecule has 0 spiro atoms. The second-order valence-corrected chi connectivity index (χ2v) is 4.36. The standard InChI is InChI=1S/C13H17NO2/c1-13(2,9-14)8-10-5-6-11(15-3)12(7-10)16-4/h5-7H,8H2,1-4H3. The average molecular weight is 219 g/mol. The number of hydrogen-bond donors (Lipinski definition) is 0. The van der Waals surface area contributed by atoms with Gasteiger partial charge >= 0.3 is 0 Å². The van der Waals surface area contributed by atoms with E-state index in [4.69, 9.17) is 14.7 Å². The first kappa shape index (κ1) is 12.4. The molecule has 0 aromatic heterocycles. The topological polar surface area (TPSA) is 42.2 Å². The van der Waals surface area contributed by atoms with Gasteiger partial charge in [0.1, 0.15) is 0 Å². The largest absolute Gasteiger partial charge is 0.493 e. The van der Waals surface area contributed by atoms with Gasteiger partial charge < -0.3 is 9.47 Å². The van der Waals surface area contributed by atoms with Crippen LogP contribution >= 0.6 is 0 Å². The van der Waals surface area contributed by atoms with Crippen molar-refractivity contribution >= 4 is 0 Å². The van der Waals surface area contributed by atoms with Crippen molar-refractivity contribution in [3.05, 3.63) is 23.8 Å². The van der Waals surface area contributed by atoms with E-state index in [2.05, 4.69) is 6.07 Å². The SMILES string of the molecule is COc1ccc(CC(C)(C)C#N)cc1OC. The lowest BCUT2D eigenvalue weighted by atomic mass is 9.87. The van der Waals surface area contributed by atoms with Crippen LogP contribution in [-0.2, 0) is 6.42 Å². The molecular weight excluding hydrogens is 202 g/mol. The van der Waals surface area contributed by atoms with E-state index in [0.717, 1.165) is 5.56 Å². The second-order valence-electron chi connectivity index (χ2n) is 4.36. The second kappa shape index (κ2) is 4.89. The Kier molecular flexibility index (Phi) is 3.78. The fourth-order valence-electron chi connectivity index (χ4n) is 1.54. The number of nitrogens with zero attached hydrogens (tertiary/aromatic N) is 1. The maximum absolute atomic E-state index is 8.98. The average Bonchev–Trinajstić information content (AvgIpc) is 2.28. The van der Waals surface area contributed by atoms with Crippen LogP contribution < -0.4 is 9.47 Å². The number of ether oxygens (including phenoxy) is 2. The van der Waals surface area contributed by atoms with Crippen LogP contribution in [0.15, 0.2) is 18.2 Å². The predicted octanol–water partition coefficient (Wildman–Crippen LogP) is 2.80. The van der Waals surface area contributed by atoms with Crippen molar-refractivity contribution in [3.8, 4) is 17.6 Å². The first-order valence-electron chi connectivity index (χ1n) is 5.14. The molecule has 0 aliphatic carbocycles. The van der Waals surface area contributed by atoms with E-state index in [1.54, 1.807) is 14.2 Å². The van der Waals surface area contributed by atoms with Gasteiger partial charge in [0, 0.05) is 0 Å². The molecule has 1 rings (SSSR count). The Balaban J connectivity index is 2.97. The van der Waals surface area contributed by atoms with Crippen LogP contribution in [0, 0.1) is 16.7 Å². The minimum Gasteiger partial charge on any atom is -0.493 e. The van der Waals surface area contributed by atoms with Crippen LogP contribution in [0.25, 0.3) is 0 Å². The monoisotopic (exact) mass is 219 g/mol. The van der Waals surface area contributed by atoms with Gasteiger partial charge in [-0.15, -0.1) is 0 Å². The summed E-state index contributed by atoms with van der Waals surface area (Å²) in [6.45, 7) is 3.84. The number of nitriles is 1. The summed E-state index contributed by atoms with van der Waals surface area (Å²) in [5.41, 5.74) is 0.712. The predicted molar refractivity (Wildman–Crippen MR) is 62.6 cm³/mol. The molecule has 0 N–H and O–H groups in total. The highest BCUT2D eigenvalue weighted by molar-refractivity contribution is 5.43. The summed E-state index contributed by atoms with van der Waals surface area (Å²) in [4.78, 5) is 0. The molecule has 3 heteroatoms. The summed E-state index contributed by atoms with van der Waals surface area (Å²) in [5.74, 6) is 1.41. The molecule has 1 aromatic carbocycles. The number of hydrogen-bond acceptors (Lipinski definition) is 3. The normalized spacial score (nSPS) is 10.7. The zero-order valence-corrected chi connectivity index (χ0v) is 10.2. The molecule has 0 atom stereocenters. The van der Waals surface area contributed by atoms with Crippen LogP contribution in [0.1, 0.15) is 19.4 Å². The highest BCUT2D eigenvalue weighted by Crippen LogP contribution is 2.30. The van der Waals surface area contributed by atoms with Crippen LogP contribution in [0.3, 0.4) is 0 Å². The van der Waals surface area contributed by atoms with Gasteiger partial charge in [-0.2, -0.15) is 5.26 Å². The lowest BCUT2D eigenvalue weighted by Gasteiger charge is -2.16. The molecule has 0 radical (unpaired) electrons. The van der Waals surface area contributed by atoms with Gasteiger partial charge in [0.15, 0.2) is 11.5 Å². The Morgan fingerprint density at radius 1 is 1.19 bits per heavy atom. The van der Waals surface area contributed by atoms with E-state index in [0.29, 0.717) is 17.9 Å². The quantitative estimate of drug-likeness (QED) is 0.782. The lowest BCUT2D eigenvalue weighted by Crippen LogP contribution is -2.11.